The summed E-state index contributed by atoms with van der Waals surface area (Å²) in [4.78, 5) is 24.2. The van der Waals surface area contributed by atoms with Gasteiger partial charge >= 0.3 is 0 Å². The molecule has 5 heteroatoms. The second-order valence-corrected chi connectivity index (χ2v) is 5.69. The highest BCUT2D eigenvalue weighted by molar-refractivity contribution is 6.31. The van der Waals surface area contributed by atoms with Crippen molar-refractivity contribution in [2.45, 2.75) is 6.42 Å². The fraction of sp³-hybridized carbons (Fsp3) is 0.0526. The Labute approximate surface area is 144 Å². The molecule has 1 amide bonds. The Kier molecular flexibility index (Phi) is 4.77. The van der Waals surface area contributed by atoms with Crippen LogP contribution in [0.1, 0.15) is 5.56 Å². The highest BCUT2D eigenvalue weighted by atomic mass is 35.5. The molecule has 0 saturated carbocycles. The molecule has 1 N–H and O–H groups in total. The van der Waals surface area contributed by atoms with Crippen LogP contribution in [0.5, 0.6) is 0 Å². The molecule has 0 spiro atoms. The molecule has 0 saturated heterocycles. The van der Waals surface area contributed by atoms with E-state index in [4.69, 9.17) is 11.6 Å². The van der Waals surface area contributed by atoms with Crippen LogP contribution in [0.4, 0.5) is 5.69 Å². The molecular weight excluding hydrogens is 324 g/mol. The lowest BCUT2D eigenvalue weighted by atomic mass is 10.1. The van der Waals surface area contributed by atoms with E-state index in [-0.39, 0.29) is 17.9 Å². The molecule has 1 aromatic heterocycles. The minimum Gasteiger partial charge on any atom is -0.324 e. The summed E-state index contributed by atoms with van der Waals surface area (Å²) in [5, 5.41) is 3.36. The van der Waals surface area contributed by atoms with Crippen LogP contribution in [0, 0.1) is 0 Å². The van der Waals surface area contributed by atoms with Crippen molar-refractivity contribution in [2.75, 3.05) is 5.32 Å². The van der Waals surface area contributed by atoms with Gasteiger partial charge in [0.2, 0.25) is 5.91 Å². The van der Waals surface area contributed by atoms with Crippen LogP contribution in [0.3, 0.4) is 0 Å². The molecule has 4 nitrogen and oxygen atoms in total. The van der Waals surface area contributed by atoms with Crippen LogP contribution in [0.25, 0.3) is 5.69 Å². The van der Waals surface area contributed by atoms with E-state index < -0.39 is 0 Å². The number of nitrogens with zero attached hydrogens (tertiary/aromatic N) is 1. The van der Waals surface area contributed by atoms with Crippen molar-refractivity contribution in [3.63, 3.8) is 0 Å². The summed E-state index contributed by atoms with van der Waals surface area (Å²) >= 11 is 6.07. The molecule has 120 valence electrons. The monoisotopic (exact) mass is 338 g/mol. The molecule has 0 bridgehead atoms. The second kappa shape index (κ2) is 7.15. The number of aromatic nitrogens is 1. The van der Waals surface area contributed by atoms with E-state index in [1.165, 1.54) is 10.6 Å². The van der Waals surface area contributed by atoms with Gasteiger partial charge in [-0.1, -0.05) is 48.0 Å². The Balaban J connectivity index is 1.80. The van der Waals surface area contributed by atoms with E-state index in [2.05, 4.69) is 5.32 Å². The van der Waals surface area contributed by atoms with Crippen molar-refractivity contribution in [3.05, 3.63) is 93.9 Å². The number of benzene rings is 2. The third kappa shape index (κ3) is 3.73. The predicted octanol–water partition coefficient (Wildman–Crippen LogP) is 3.67. The van der Waals surface area contributed by atoms with Gasteiger partial charge in [-0.05, 0) is 29.8 Å². The number of hydrogen-bond acceptors (Lipinski definition) is 2. The number of carbonyl (C=O) groups is 1. The summed E-state index contributed by atoms with van der Waals surface area (Å²) in [6.45, 7) is 0. The van der Waals surface area contributed by atoms with Crippen LogP contribution in [0.2, 0.25) is 5.02 Å². The van der Waals surface area contributed by atoms with Crippen molar-refractivity contribution >= 4 is 23.2 Å². The third-order valence-corrected chi connectivity index (χ3v) is 3.91. The van der Waals surface area contributed by atoms with Crippen molar-refractivity contribution in [1.82, 2.24) is 4.57 Å². The molecule has 1 heterocycles. The van der Waals surface area contributed by atoms with Gasteiger partial charge in [-0.15, -0.1) is 0 Å². The molecule has 0 unspecified atom stereocenters. The first kappa shape index (κ1) is 16.0. The number of hydrogen-bond donors (Lipinski definition) is 1. The number of carbonyl (C=O) groups excluding carboxylic acids is 1. The standard InChI is InChI=1S/C19H15ClN2O2/c20-17-9-5-4-6-14(17)12-18(23)21-15-10-11-19(24)22(13-15)16-7-2-1-3-8-16/h1-11,13H,12H2,(H,21,23). The van der Waals surface area contributed by atoms with Crippen molar-refractivity contribution in [2.24, 2.45) is 0 Å². The van der Waals surface area contributed by atoms with Crippen LogP contribution in [-0.2, 0) is 11.2 Å². The average Bonchev–Trinajstić information content (AvgIpc) is 2.59. The minimum atomic E-state index is -0.193. The summed E-state index contributed by atoms with van der Waals surface area (Å²) in [5.41, 5.74) is 1.89. The lowest BCUT2D eigenvalue weighted by Crippen LogP contribution is -2.20. The zero-order valence-corrected chi connectivity index (χ0v) is 13.5. The Morgan fingerprint density at radius 1 is 0.958 bits per heavy atom. The van der Waals surface area contributed by atoms with E-state index in [0.717, 1.165) is 11.3 Å². The van der Waals surface area contributed by atoms with E-state index in [0.29, 0.717) is 10.7 Å². The molecule has 0 aliphatic carbocycles. The average molecular weight is 339 g/mol. The van der Waals surface area contributed by atoms with Crippen LogP contribution >= 0.6 is 11.6 Å². The van der Waals surface area contributed by atoms with Crippen molar-refractivity contribution in [1.29, 1.82) is 0 Å². The van der Waals surface area contributed by atoms with Gasteiger partial charge in [0.25, 0.3) is 5.56 Å². The van der Waals surface area contributed by atoms with E-state index in [1.54, 1.807) is 18.3 Å². The molecule has 0 aliphatic heterocycles. The Bertz CT molecular complexity index is 920. The number of halogens is 1. The van der Waals surface area contributed by atoms with E-state index in [9.17, 15) is 9.59 Å². The predicted molar refractivity (Wildman–Crippen MR) is 95.8 cm³/mol. The summed E-state index contributed by atoms with van der Waals surface area (Å²) in [6, 6.07) is 19.5. The lowest BCUT2D eigenvalue weighted by molar-refractivity contribution is -0.115. The zero-order chi connectivity index (χ0) is 16.9. The number of amides is 1. The first-order valence-corrected chi connectivity index (χ1v) is 7.83. The van der Waals surface area contributed by atoms with Gasteiger partial charge in [-0.3, -0.25) is 14.2 Å². The fourth-order valence-corrected chi connectivity index (χ4v) is 2.57. The van der Waals surface area contributed by atoms with E-state index in [1.807, 2.05) is 48.5 Å². The number of nitrogens with one attached hydrogen (secondary N) is 1. The molecule has 0 radical (unpaired) electrons. The second-order valence-electron chi connectivity index (χ2n) is 5.28. The largest absolute Gasteiger partial charge is 0.324 e. The number of para-hydroxylation sites is 1. The van der Waals surface area contributed by atoms with Gasteiger partial charge in [0, 0.05) is 23.0 Å². The van der Waals surface area contributed by atoms with Gasteiger partial charge in [-0.25, -0.2) is 0 Å². The van der Waals surface area contributed by atoms with Gasteiger partial charge in [-0.2, -0.15) is 0 Å². The first-order valence-electron chi connectivity index (χ1n) is 7.45. The fourth-order valence-electron chi connectivity index (χ4n) is 2.37. The molecule has 0 aliphatic rings. The number of pyridine rings is 1. The van der Waals surface area contributed by atoms with Crippen molar-refractivity contribution < 1.29 is 4.79 Å². The highest BCUT2D eigenvalue weighted by Crippen LogP contribution is 2.16. The normalized spacial score (nSPS) is 10.4. The molecule has 0 atom stereocenters. The van der Waals surface area contributed by atoms with Crippen molar-refractivity contribution in [3.8, 4) is 5.69 Å². The third-order valence-electron chi connectivity index (χ3n) is 3.54. The lowest BCUT2D eigenvalue weighted by Gasteiger charge is -2.10. The quantitative estimate of drug-likeness (QED) is 0.789. The van der Waals surface area contributed by atoms with Gasteiger partial charge in [0.1, 0.15) is 0 Å². The van der Waals surface area contributed by atoms with Crippen LogP contribution in [0.15, 0.2) is 77.7 Å². The number of rotatable bonds is 4. The molecule has 0 fully saturated rings. The van der Waals surface area contributed by atoms with Gasteiger partial charge < -0.3 is 5.32 Å². The SMILES string of the molecule is O=C(Cc1ccccc1Cl)Nc1ccc(=O)n(-c2ccccc2)c1. The van der Waals surface area contributed by atoms with Gasteiger partial charge in [0.15, 0.2) is 0 Å². The summed E-state index contributed by atoms with van der Waals surface area (Å²) in [5.74, 6) is -0.193. The summed E-state index contributed by atoms with van der Waals surface area (Å²) < 4.78 is 1.49. The Morgan fingerprint density at radius 3 is 2.42 bits per heavy atom. The van der Waals surface area contributed by atoms with Gasteiger partial charge in [0.05, 0.1) is 12.1 Å². The number of anilines is 1. The molecule has 3 aromatic rings. The first-order chi connectivity index (χ1) is 11.6. The van der Waals surface area contributed by atoms with Crippen LogP contribution < -0.4 is 10.9 Å². The summed E-state index contributed by atoms with van der Waals surface area (Å²) in [7, 11) is 0. The maximum Gasteiger partial charge on any atom is 0.255 e. The highest BCUT2D eigenvalue weighted by Gasteiger charge is 2.08. The molecule has 3 rings (SSSR count). The smallest absolute Gasteiger partial charge is 0.255 e. The summed E-state index contributed by atoms with van der Waals surface area (Å²) in [6.07, 6.45) is 1.78. The van der Waals surface area contributed by atoms with E-state index >= 15 is 0 Å². The topological polar surface area (TPSA) is 51.1 Å². The molecule has 24 heavy (non-hydrogen) atoms. The van der Waals surface area contributed by atoms with Crippen LogP contribution in [-0.4, -0.2) is 10.5 Å². The Hall–Kier alpha value is -2.85. The maximum absolute atomic E-state index is 12.2. The molecule has 2 aromatic carbocycles. The Morgan fingerprint density at radius 2 is 1.67 bits per heavy atom. The minimum absolute atomic E-state index is 0.162. The maximum atomic E-state index is 12.2. The molecular formula is C19H15ClN2O2. The zero-order valence-electron chi connectivity index (χ0n) is 12.8.